The molecule has 0 aliphatic carbocycles. The Morgan fingerprint density at radius 3 is 2.30 bits per heavy atom. The normalized spacial score (nSPS) is 11.0. The van der Waals surface area contributed by atoms with Crippen LogP contribution in [0, 0.1) is 0 Å². The van der Waals surface area contributed by atoms with Crippen LogP contribution in [0.3, 0.4) is 0 Å². The van der Waals surface area contributed by atoms with Crippen LogP contribution in [0.15, 0.2) is 48.5 Å². The summed E-state index contributed by atoms with van der Waals surface area (Å²) in [4.78, 5) is 19.7. The van der Waals surface area contributed by atoms with Crippen molar-refractivity contribution in [2.24, 2.45) is 0 Å². The number of para-hydroxylation sites is 2. The summed E-state index contributed by atoms with van der Waals surface area (Å²) in [5.74, 6) is 0.171. The average Bonchev–Trinajstić information content (AvgIpc) is 2.54. The number of fused-ring (bicyclic) bond motifs is 1. The fourth-order valence-electron chi connectivity index (χ4n) is 2.09. The second kappa shape index (κ2) is 6.58. The van der Waals surface area contributed by atoms with E-state index in [1.165, 1.54) is 6.92 Å². The largest absolute Gasteiger partial charge is 0.427 e. The topological polar surface area (TPSA) is 52.1 Å². The van der Waals surface area contributed by atoms with Gasteiger partial charge < -0.3 is 4.74 Å². The van der Waals surface area contributed by atoms with Crippen molar-refractivity contribution in [1.82, 2.24) is 9.97 Å². The molecule has 0 unspecified atom stereocenters. The van der Waals surface area contributed by atoms with Crippen LogP contribution in [0.4, 0.5) is 0 Å². The fraction of sp³-hybridized carbons (Fsp3) is 0.0556. The van der Waals surface area contributed by atoms with Gasteiger partial charge in [-0.2, -0.15) is 0 Å². The predicted octanol–water partition coefficient (Wildman–Crippen LogP) is 4.38. The summed E-state index contributed by atoms with van der Waals surface area (Å²) in [5.41, 5.74) is 3.10. The highest BCUT2D eigenvalue weighted by Gasteiger charge is 2.03. The lowest BCUT2D eigenvalue weighted by atomic mass is 10.2. The zero-order valence-corrected chi connectivity index (χ0v) is 13.1. The molecule has 114 valence electrons. The molecule has 0 amide bonds. The van der Waals surface area contributed by atoms with E-state index in [1.54, 1.807) is 12.1 Å². The molecule has 4 nitrogen and oxygen atoms in total. The Hall–Kier alpha value is -2.72. The lowest BCUT2D eigenvalue weighted by molar-refractivity contribution is -0.131. The number of hydrogen-bond donors (Lipinski definition) is 0. The zero-order chi connectivity index (χ0) is 16.2. The fourth-order valence-corrected chi connectivity index (χ4v) is 2.28. The summed E-state index contributed by atoms with van der Waals surface area (Å²) in [6, 6.07) is 14.7. The summed E-state index contributed by atoms with van der Waals surface area (Å²) < 4.78 is 4.99. The predicted molar refractivity (Wildman–Crippen MR) is 91.2 cm³/mol. The highest BCUT2D eigenvalue weighted by molar-refractivity contribution is 6.31. The van der Waals surface area contributed by atoms with Gasteiger partial charge in [0.25, 0.3) is 0 Å². The van der Waals surface area contributed by atoms with Crippen molar-refractivity contribution in [3.05, 3.63) is 64.9 Å². The Morgan fingerprint density at radius 1 is 1.00 bits per heavy atom. The van der Waals surface area contributed by atoms with Crippen LogP contribution in [0.5, 0.6) is 5.75 Å². The van der Waals surface area contributed by atoms with E-state index in [9.17, 15) is 4.79 Å². The Morgan fingerprint density at radius 2 is 1.65 bits per heavy atom. The molecule has 2 aromatic carbocycles. The Bertz CT molecular complexity index is 889. The van der Waals surface area contributed by atoms with Gasteiger partial charge >= 0.3 is 5.97 Å². The first kappa shape index (κ1) is 15.2. The second-order valence-corrected chi connectivity index (χ2v) is 5.24. The molecule has 0 saturated heterocycles. The Balaban J connectivity index is 1.84. The highest BCUT2D eigenvalue weighted by atomic mass is 35.5. The molecule has 0 saturated carbocycles. The lowest BCUT2D eigenvalue weighted by Gasteiger charge is -2.02. The van der Waals surface area contributed by atoms with Gasteiger partial charge in [-0.3, -0.25) is 4.79 Å². The monoisotopic (exact) mass is 324 g/mol. The quantitative estimate of drug-likeness (QED) is 0.530. The van der Waals surface area contributed by atoms with Crippen molar-refractivity contribution in [1.29, 1.82) is 0 Å². The molecule has 0 radical (unpaired) electrons. The minimum atomic E-state index is -0.341. The third-order valence-electron chi connectivity index (χ3n) is 3.13. The summed E-state index contributed by atoms with van der Waals surface area (Å²) in [6.45, 7) is 1.37. The van der Waals surface area contributed by atoms with Gasteiger partial charge in [-0.1, -0.05) is 41.9 Å². The first-order valence-electron chi connectivity index (χ1n) is 7.01. The number of ether oxygens (including phenoxy) is 1. The Labute approximate surface area is 138 Å². The minimum Gasteiger partial charge on any atom is -0.427 e. The molecule has 1 aromatic heterocycles. The average molecular weight is 325 g/mol. The first-order chi connectivity index (χ1) is 11.1. The van der Waals surface area contributed by atoms with Crippen molar-refractivity contribution < 1.29 is 9.53 Å². The van der Waals surface area contributed by atoms with Gasteiger partial charge in [0, 0.05) is 6.92 Å². The molecule has 0 fully saturated rings. The number of aromatic nitrogens is 2. The molecule has 0 N–H and O–H groups in total. The van der Waals surface area contributed by atoms with Crippen molar-refractivity contribution in [3.8, 4) is 5.75 Å². The summed E-state index contributed by atoms with van der Waals surface area (Å²) in [6.07, 6.45) is 3.69. The molecule has 1 heterocycles. The van der Waals surface area contributed by atoms with Crippen LogP contribution in [0.2, 0.25) is 5.15 Å². The van der Waals surface area contributed by atoms with Crippen molar-refractivity contribution >= 4 is 40.8 Å². The third kappa shape index (κ3) is 3.73. The van der Waals surface area contributed by atoms with Crippen LogP contribution < -0.4 is 4.74 Å². The van der Waals surface area contributed by atoms with E-state index in [4.69, 9.17) is 16.3 Å². The van der Waals surface area contributed by atoms with Crippen LogP contribution in [0.1, 0.15) is 18.2 Å². The smallest absolute Gasteiger partial charge is 0.308 e. The molecule has 0 bridgehead atoms. The number of carbonyl (C=O) groups is 1. The summed E-state index contributed by atoms with van der Waals surface area (Å²) in [5, 5.41) is 0.358. The number of esters is 1. The van der Waals surface area contributed by atoms with Gasteiger partial charge in [-0.05, 0) is 35.9 Å². The van der Waals surface area contributed by atoms with Crippen molar-refractivity contribution in [3.63, 3.8) is 0 Å². The van der Waals surface area contributed by atoms with Gasteiger partial charge in [-0.25, -0.2) is 9.97 Å². The number of benzene rings is 2. The van der Waals surface area contributed by atoms with Gasteiger partial charge in [0.05, 0.1) is 11.0 Å². The third-order valence-corrected chi connectivity index (χ3v) is 3.41. The second-order valence-electron chi connectivity index (χ2n) is 4.88. The van der Waals surface area contributed by atoms with Crippen molar-refractivity contribution in [2.75, 3.05) is 0 Å². The maximum Gasteiger partial charge on any atom is 0.308 e. The van der Waals surface area contributed by atoms with Crippen LogP contribution in [-0.4, -0.2) is 15.9 Å². The standard InChI is InChI=1S/C18H13ClN2O2/c1-12(22)23-14-9-6-13(7-10-14)8-11-17-18(19)21-16-5-3-2-4-15(16)20-17/h2-11H,1H3. The molecule has 0 atom stereocenters. The summed E-state index contributed by atoms with van der Waals surface area (Å²) >= 11 is 6.17. The summed E-state index contributed by atoms with van der Waals surface area (Å²) in [7, 11) is 0. The van der Waals surface area contributed by atoms with E-state index in [1.807, 2.05) is 48.6 Å². The Kier molecular flexibility index (Phi) is 4.35. The van der Waals surface area contributed by atoms with E-state index in [2.05, 4.69) is 9.97 Å². The van der Waals surface area contributed by atoms with E-state index >= 15 is 0 Å². The number of rotatable bonds is 3. The number of carbonyl (C=O) groups excluding carboxylic acids is 1. The molecule has 0 spiro atoms. The molecule has 0 aliphatic heterocycles. The molecular formula is C18H13ClN2O2. The maximum absolute atomic E-state index is 10.9. The molecule has 23 heavy (non-hydrogen) atoms. The SMILES string of the molecule is CC(=O)Oc1ccc(C=Cc2nc3ccccc3nc2Cl)cc1. The van der Waals surface area contributed by atoms with Gasteiger partial charge in [0.1, 0.15) is 11.4 Å². The van der Waals surface area contributed by atoms with Gasteiger partial charge in [0.15, 0.2) is 5.15 Å². The lowest BCUT2D eigenvalue weighted by Crippen LogP contribution is -2.00. The van der Waals surface area contributed by atoms with Crippen LogP contribution >= 0.6 is 11.6 Å². The number of halogens is 1. The molecule has 3 rings (SSSR count). The van der Waals surface area contributed by atoms with E-state index in [-0.39, 0.29) is 5.97 Å². The molecule has 3 aromatic rings. The molecule has 0 aliphatic rings. The number of nitrogens with zero attached hydrogens (tertiary/aromatic N) is 2. The van der Waals surface area contributed by atoms with Gasteiger partial charge in [-0.15, -0.1) is 0 Å². The maximum atomic E-state index is 10.9. The van der Waals surface area contributed by atoms with Crippen LogP contribution in [-0.2, 0) is 4.79 Å². The van der Waals surface area contributed by atoms with E-state index in [0.29, 0.717) is 16.6 Å². The van der Waals surface area contributed by atoms with Gasteiger partial charge in [0.2, 0.25) is 0 Å². The first-order valence-corrected chi connectivity index (χ1v) is 7.38. The van der Waals surface area contributed by atoms with Crippen molar-refractivity contribution in [2.45, 2.75) is 6.92 Å². The number of hydrogen-bond acceptors (Lipinski definition) is 4. The molecule has 5 heteroatoms. The molecular weight excluding hydrogens is 312 g/mol. The zero-order valence-electron chi connectivity index (χ0n) is 12.4. The van der Waals surface area contributed by atoms with Crippen LogP contribution in [0.25, 0.3) is 23.2 Å². The highest BCUT2D eigenvalue weighted by Crippen LogP contribution is 2.20. The van der Waals surface area contributed by atoms with E-state index < -0.39 is 0 Å². The minimum absolute atomic E-state index is 0.341. The van der Waals surface area contributed by atoms with E-state index in [0.717, 1.165) is 16.6 Å².